The van der Waals surface area contributed by atoms with Crippen LogP contribution in [0.5, 0.6) is 0 Å². The summed E-state index contributed by atoms with van der Waals surface area (Å²) >= 11 is 0. The maximum absolute atomic E-state index is 12.7. The van der Waals surface area contributed by atoms with Gasteiger partial charge in [-0.3, -0.25) is 0 Å². The first-order valence-corrected chi connectivity index (χ1v) is 4.69. The molecule has 1 aromatic carbocycles. The van der Waals surface area contributed by atoms with E-state index in [4.69, 9.17) is 0 Å². The zero-order chi connectivity index (χ0) is 11.8. The summed E-state index contributed by atoms with van der Waals surface area (Å²) in [6, 6.07) is 4.18. The van der Waals surface area contributed by atoms with Crippen molar-refractivity contribution in [3.63, 3.8) is 0 Å². The van der Waals surface area contributed by atoms with E-state index in [-0.39, 0.29) is 12.1 Å². The molecule has 0 aliphatic carbocycles. The fourth-order valence-corrected chi connectivity index (χ4v) is 1.70. The summed E-state index contributed by atoms with van der Waals surface area (Å²) < 4.78 is 38.0. The third kappa shape index (κ3) is 1.95. The highest BCUT2D eigenvalue weighted by Gasteiger charge is 2.36. The second kappa shape index (κ2) is 3.70. The predicted molar refractivity (Wildman–Crippen MR) is 50.7 cm³/mol. The van der Waals surface area contributed by atoms with E-state index in [1.54, 1.807) is 0 Å². The van der Waals surface area contributed by atoms with Crippen molar-refractivity contribution in [3.8, 4) is 0 Å². The van der Waals surface area contributed by atoms with E-state index < -0.39 is 23.8 Å². The minimum Gasteiger partial charge on any atom is -0.336 e. The van der Waals surface area contributed by atoms with E-state index in [0.717, 1.165) is 6.07 Å². The SMILES string of the molecule is O=C1NC[C@H](c2ccccc2C(F)(F)F)N1. The number of carbonyl (C=O) groups excluding carboxylic acids is 1. The molecule has 1 aliphatic rings. The van der Waals surface area contributed by atoms with Crippen LogP contribution >= 0.6 is 0 Å². The number of urea groups is 1. The van der Waals surface area contributed by atoms with Gasteiger partial charge in [-0.2, -0.15) is 13.2 Å². The quantitative estimate of drug-likeness (QED) is 0.761. The topological polar surface area (TPSA) is 41.1 Å². The molecule has 1 aromatic rings. The molecule has 0 aromatic heterocycles. The molecule has 0 radical (unpaired) electrons. The average molecular weight is 230 g/mol. The van der Waals surface area contributed by atoms with E-state index in [9.17, 15) is 18.0 Å². The molecule has 2 rings (SSSR count). The highest BCUT2D eigenvalue weighted by Crippen LogP contribution is 2.34. The standard InChI is InChI=1S/C10H9F3N2O/c11-10(12,13)7-4-2-1-3-6(7)8-5-14-9(16)15-8/h1-4,8H,5H2,(H2,14,15,16)/t8-/m1/s1. The Labute approximate surface area is 89.6 Å². The Hall–Kier alpha value is -1.72. The van der Waals surface area contributed by atoms with Gasteiger partial charge < -0.3 is 10.6 Å². The number of hydrogen-bond acceptors (Lipinski definition) is 1. The van der Waals surface area contributed by atoms with Crippen LogP contribution in [0.3, 0.4) is 0 Å². The molecule has 0 spiro atoms. The van der Waals surface area contributed by atoms with Crippen molar-refractivity contribution in [2.45, 2.75) is 12.2 Å². The molecule has 1 fully saturated rings. The van der Waals surface area contributed by atoms with Crippen LogP contribution in [0.25, 0.3) is 0 Å². The summed E-state index contributed by atoms with van der Waals surface area (Å²) in [5.74, 6) is 0. The zero-order valence-electron chi connectivity index (χ0n) is 8.14. The van der Waals surface area contributed by atoms with Gasteiger partial charge in [-0.25, -0.2) is 4.79 Å². The van der Waals surface area contributed by atoms with Crippen molar-refractivity contribution in [1.29, 1.82) is 0 Å². The Morgan fingerprint density at radius 3 is 2.50 bits per heavy atom. The van der Waals surface area contributed by atoms with Crippen LogP contribution in [0, 0.1) is 0 Å². The lowest BCUT2D eigenvalue weighted by atomic mass is 10.0. The number of rotatable bonds is 1. The fraction of sp³-hybridized carbons (Fsp3) is 0.300. The van der Waals surface area contributed by atoms with Crippen LogP contribution < -0.4 is 10.6 Å². The summed E-state index contributed by atoms with van der Waals surface area (Å²) in [5, 5.41) is 4.86. The highest BCUT2D eigenvalue weighted by molar-refractivity contribution is 5.77. The number of nitrogens with one attached hydrogen (secondary N) is 2. The molecule has 1 heterocycles. The number of alkyl halides is 3. The van der Waals surface area contributed by atoms with Gasteiger partial charge in [0.1, 0.15) is 0 Å². The first-order valence-electron chi connectivity index (χ1n) is 4.69. The molecule has 0 bridgehead atoms. The number of halogens is 3. The molecule has 16 heavy (non-hydrogen) atoms. The van der Waals surface area contributed by atoms with Gasteiger partial charge in [-0.05, 0) is 11.6 Å². The molecule has 86 valence electrons. The largest absolute Gasteiger partial charge is 0.416 e. The number of amides is 2. The summed E-state index contributed by atoms with van der Waals surface area (Å²) in [7, 11) is 0. The second-order valence-electron chi connectivity index (χ2n) is 3.49. The maximum atomic E-state index is 12.7. The zero-order valence-corrected chi connectivity index (χ0v) is 8.14. The van der Waals surface area contributed by atoms with Crippen molar-refractivity contribution in [1.82, 2.24) is 10.6 Å². The molecule has 6 heteroatoms. The molecule has 0 unspecified atom stereocenters. The summed E-state index contributed by atoms with van der Waals surface area (Å²) in [4.78, 5) is 10.9. The normalized spacial score (nSPS) is 20.4. The van der Waals surface area contributed by atoms with Crippen LogP contribution in [0.2, 0.25) is 0 Å². The van der Waals surface area contributed by atoms with Gasteiger partial charge >= 0.3 is 12.2 Å². The van der Waals surface area contributed by atoms with Gasteiger partial charge in [0.15, 0.2) is 0 Å². The van der Waals surface area contributed by atoms with Crippen LogP contribution in [-0.2, 0) is 6.18 Å². The Morgan fingerprint density at radius 1 is 1.25 bits per heavy atom. The molecule has 1 aliphatic heterocycles. The smallest absolute Gasteiger partial charge is 0.336 e. The Bertz CT molecular complexity index is 417. The van der Waals surface area contributed by atoms with Crippen molar-refractivity contribution < 1.29 is 18.0 Å². The molecule has 2 amide bonds. The van der Waals surface area contributed by atoms with Crippen molar-refractivity contribution in [2.75, 3.05) is 6.54 Å². The molecule has 1 atom stereocenters. The third-order valence-corrected chi connectivity index (χ3v) is 2.41. The lowest BCUT2D eigenvalue weighted by Crippen LogP contribution is -2.23. The molecule has 1 saturated heterocycles. The van der Waals surface area contributed by atoms with E-state index in [2.05, 4.69) is 10.6 Å². The van der Waals surface area contributed by atoms with E-state index in [0.29, 0.717) is 0 Å². The number of hydrogen-bond donors (Lipinski definition) is 2. The molecular weight excluding hydrogens is 221 g/mol. The van der Waals surface area contributed by atoms with E-state index in [1.807, 2.05) is 0 Å². The van der Waals surface area contributed by atoms with Gasteiger partial charge in [-0.15, -0.1) is 0 Å². The highest BCUT2D eigenvalue weighted by atomic mass is 19.4. The monoisotopic (exact) mass is 230 g/mol. The molecular formula is C10H9F3N2O. The average Bonchev–Trinajstić information content (AvgIpc) is 2.64. The first kappa shape index (κ1) is 10.8. The van der Waals surface area contributed by atoms with Gasteiger partial charge in [-0.1, -0.05) is 18.2 Å². The van der Waals surface area contributed by atoms with Crippen molar-refractivity contribution >= 4 is 6.03 Å². The van der Waals surface area contributed by atoms with Gasteiger partial charge in [0.05, 0.1) is 11.6 Å². The summed E-state index contributed by atoms with van der Waals surface area (Å²) in [5.41, 5.74) is -0.614. The van der Waals surface area contributed by atoms with Crippen LogP contribution in [-0.4, -0.2) is 12.6 Å². The first-order chi connectivity index (χ1) is 7.48. The van der Waals surface area contributed by atoms with Gasteiger partial charge in [0, 0.05) is 6.54 Å². The minimum absolute atomic E-state index is 0.0911. The molecule has 3 nitrogen and oxygen atoms in total. The third-order valence-electron chi connectivity index (χ3n) is 2.41. The second-order valence-corrected chi connectivity index (χ2v) is 3.49. The lowest BCUT2D eigenvalue weighted by molar-refractivity contribution is -0.138. The Morgan fingerprint density at radius 2 is 1.94 bits per heavy atom. The molecule has 2 N–H and O–H groups in total. The van der Waals surface area contributed by atoms with E-state index in [1.165, 1.54) is 18.2 Å². The Balaban J connectivity index is 2.37. The number of carbonyl (C=O) groups is 1. The lowest BCUT2D eigenvalue weighted by Gasteiger charge is -2.16. The van der Waals surface area contributed by atoms with Crippen molar-refractivity contribution in [2.24, 2.45) is 0 Å². The fourth-order valence-electron chi connectivity index (χ4n) is 1.70. The number of benzene rings is 1. The van der Waals surface area contributed by atoms with Crippen LogP contribution in [0.15, 0.2) is 24.3 Å². The minimum atomic E-state index is -4.40. The predicted octanol–water partition coefficient (Wildman–Crippen LogP) is 2.06. The van der Waals surface area contributed by atoms with Gasteiger partial charge in [0.25, 0.3) is 0 Å². The molecule has 0 saturated carbocycles. The Kier molecular flexibility index (Phi) is 2.49. The van der Waals surface area contributed by atoms with E-state index >= 15 is 0 Å². The van der Waals surface area contributed by atoms with Crippen LogP contribution in [0.4, 0.5) is 18.0 Å². The van der Waals surface area contributed by atoms with Crippen LogP contribution in [0.1, 0.15) is 17.2 Å². The van der Waals surface area contributed by atoms with Gasteiger partial charge in [0.2, 0.25) is 0 Å². The summed E-state index contributed by atoms with van der Waals surface area (Å²) in [6.07, 6.45) is -4.40. The van der Waals surface area contributed by atoms with Crippen molar-refractivity contribution in [3.05, 3.63) is 35.4 Å². The summed E-state index contributed by atoms with van der Waals surface area (Å²) in [6.45, 7) is 0.173. The maximum Gasteiger partial charge on any atom is 0.416 e.